The van der Waals surface area contributed by atoms with Gasteiger partial charge < -0.3 is 9.32 Å². The van der Waals surface area contributed by atoms with Crippen molar-refractivity contribution in [2.24, 2.45) is 0 Å². The van der Waals surface area contributed by atoms with Gasteiger partial charge in [-0.05, 0) is 115 Å². The van der Waals surface area contributed by atoms with Crippen molar-refractivity contribution in [3.05, 3.63) is 247 Å². The van der Waals surface area contributed by atoms with Crippen molar-refractivity contribution < 1.29 is 4.42 Å². The Kier molecular flexibility index (Phi) is 7.48. The maximum Gasteiger partial charge on any atom is 0.135 e. The van der Waals surface area contributed by atoms with E-state index in [1.54, 1.807) is 0 Å². The molecule has 11 aromatic rings. The van der Waals surface area contributed by atoms with Gasteiger partial charge in [-0.25, -0.2) is 0 Å². The number of hydrogen-bond donors (Lipinski definition) is 0. The number of anilines is 3. The van der Waals surface area contributed by atoms with Crippen molar-refractivity contribution in [2.75, 3.05) is 4.90 Å². The quantitative estimate of drug-likeness (QED) is 0.157. The van der Waals surface area contributed by atoms with Crippen molar-refractivity contribution in [1.29, 1.82) is 0 Å². The second-order valence-electron chi connectivity index (χ2n) is 15.6. The molecular weight excluding hydrogens is 715 g/mol. The number of rotatable bonds is 6. The van der Waals surface area contributed by atoms with E-state index in [-0.39, 0.29) is 0 Å². The number of fused-ring (bicyclic) bond motifs is 9. The van der Waals surface area contributed by atoms with Gasteiger partial charge in [-0.15, -0.1) is 0 Å². The van der Waals surface area contributed by atoms with Crippen molar-refractivity contribution >= 4 is 60.5 Å². The van der Waals surface area contributed by atoms with E-state index < -0.39 is 5.41 Å². The van der Waals surface area contributed by atoms with E-state index in [9.17, 15) is 0 Å². The van der Waals surface area contributed by atoms with E-state index in [4.69, 9.17) is 4.42 Å². The molecule has 1 aliphatic carbocycles. The highest BCUT2D eigenvalue weighted by Crippen LogP contribution is 2.57. The SMILES string of the molecule is c1ccc(-c2cccc(N(c3ccc4oc5ccccc5c4c3)c3cccc4c3ccc3cc5c(cc34)C(c3ccccc3)(c3ccccc3)c3ccccc3-5)c2)cc1. The lowest BCUT2D eigenvalue weighted by Gasteiger charge is -2.34. The minimum atomic E-state index is -0.477. The summed E-state index contributed by atoms with van der Waals surface area (Å²) in [6.07, 6.45) is 0. The molecule has 10 aromatic carbocycles. The lowest BCUT2D eigenvalue weighted by Crippen LogP contribution is -2.28. The summed E-state index contributed by atoms with van der Waals surface area (Å²) in [5.74, 6) is 0. The zero-order valence-corrected chi connectivity index (χ0v) is 32.2. The Balaban J connectivity index is 1.13. The molecule has 0 atom stereocenters. The average Bonchev–Trinajstić information content (AvgIpc) is 3.82. The first-order valence-corrected chi connectivity index (χ1v) is 20.3. The predicted molar refractivity (Wildman–Crippen MR) is 246 cm³/mol. The summed E-state index contributed by atoms with van der Waals surface area (Å²) in [5.41, 5.74) is 14.7. The summed E-state index contributed by atoms with van der Waals surface area (Å²) in [7, 11) is 0. The highest BCUT2D eigenvalue weighted by molar-refractivity contribution is 6.15. The molecule has 0 aliphatic heterocycles. The van der Waals surface area contributed by atoms with Crippen molar-refractivity contribution in [3.63, 3.8) is 0 Å². The molecule has 0 amide bonds. The molecular formula is C57H37NO. The first-order chi connectivity index (χ1) is 29.3. The van der Waals surface area contributed by atoms with Crippen LogP contribution in [-0.4, -0.2) is 0 Å². The predicted octanol–water partition coefficient (Wildman–Crippen LogP) is 15.4. The molecule has 59 heavy (non-hydrogen) atoms. The third-order valence-electron chi connectivity index (χ3n) is 12.5. The van der Waals surface area contributed by atoms with Gasteiger partial charge >= 0.3 is 0 Å². The van der Waals surface area contributed by atoms with E-state index in [0.717, 1.165) is 39.0 Å². The number of furan rings is 1. The van der Waals surface area contributed by atoms with Crippen LogP contribution in [0.2, 0.25) is 0 Å². The Morgan fingerprint density at radius 2 is 0.983 bits per heavy atom. The van der Waals surface area contributed by atoms with Gasteiger partial charge in [0, 0.05) is 27.5 Å². The lowest BCUT2D eigenvalue weighted by atomic mass is 9.67. The number of nitrogens with zero attached hydrogens (tertiary/aromatic N) is 1. The molecule has 1 aromatic heterocycles. The average molecular weight is 752 g/mol. The van der Waals surface area contributed by atoms with Gasteiger partial charge in [0.15, 0.2) is 0 Å². The maximum absolute atomic E-state index is 6.32. The summed E-state index contributed by atoms with van der Waals surface area (Å²) >= 11 is 0. The van der Waals surface area contributed by atoms with Gasteiger partial charge in [0.1, 0.15) is 11.2 Å². The molecule has 1 heterocycles. The first-order valence-electron chi connectivity index (χ1n) is 20.3. The Bertz CT molecular complexity index is 3340. The molecule has 276 valence electrons. The molecule has 0 spiro atoms. The normalized spacial score (nSPS) is 12.9. The van der Waals surface area contributed by atoms with Gasteiger partial charge in [0.2, 0.25) is 0 Å². The highest BCUT2D eigenvalue weighted by Gasteiger charge is 2.46. The summed E-state index contributed by atoms with van der Waals surface area (Å²) < 4.78 is 6.32. The van der Waals surface area contributed by atoms with Gasteiger partial charge in [-0.1, -0.05) is 170 Å². The van der Waals surface area contributed by atoms with Crippen LogP contribution in [0, 0.1) is 0 Å². The fourth-order valence-electron chi connectivity index (χ4n) is 9.94. The minimum Gasteiger partial charge on any atom is -0.456 e. The Morgan fingerprint density at radius 1 is 0.339 bits per heavy atom. The molecule has 0 saturated carbocycles. The van der Waals surface area contributed by atoms with Gasteiger partial charge in [-0.3, -0.25) is 0 Å². The van der Waals surface area contributed by atoms with Crippen LogP contribution < -0.4 is 4.90 Å². The van der Waals surface area contributed by atoms with Crippen LogP contribution in [0.4, 0.5) is 17.1 Å². The van der Waals surface area contributed by atoms with Crippen LogP contribution in [0.1, 0.15) is 22.3 Å². The first kappa shape index (κ1) is 33.5. The monoisotopic (exact) mass is 751 g/mol. The fraction of sp³-hybridized carbons (Fsp3) is 0.0175. The smallest absolute Gasteiger partial charge is 0.135 e. The second-order valence-corrected chi connectivity index (χ2v) is 15.6. The van der Waals surface area contributed by atoms with Crippen LogP contribution in [0.3, 0.4) is 0 Å². The van der Waals surface area contributed by atoms with Crippen LogP contribution in [0.15, 0.2) is 229 Å². The van der Waals surface area contributed by atoms with E-state index in [1.165, 1.54) is 66.1 Å². The summed E-state index contributed by atoms with van der Waals surface area (Å²) in [6, 6.07) is 81.9. The minimum absolute atomic E-state index is 0.477. The molecule has 2 heteroatoms. The molecule has 0 N–H and O–H groups in total. The summed E-state index contributed by atoms with van der Waals surface area (Å²) in [6.45, 7) is 0. The largest absolute Gasteiger partial charge is 0.456 e. The molecule has 0 saturated heterocycles. The van der Waals surface area contributed by atoms with Crippen LogP contribution in [0.25, 0.3) is 65.7 Å². The van der Waals surface area contributed by atoms with Gasteiger partial charge in [0.25, 0.3) is 0 Å². The number of hydrogen-bond acceptors (Lipinski definition) is 2. The second kappa shape index (κ2) is 13.2. The fourth-order valence-corrected chi connectivity index (χ4v) is 9.94. The molecule has 0 bridgehead atoms. The zero-order chi connectivity index (χ0) is 38.9. The Hall–Kier alpha value is -7.68. The molecule has 2 nitrogen and oxygen atoms in total. The standard InChI is InChI=1S/C57H37NO/c1-4-16-38(17-5-1)39-18-14-23-43(34-39)58(44-31-33-56-51(36-44)48-25-11-13-29-55(48)59-56)54-28-15-26-45-47(54)32-30-40-35-50-46-24-10-12-27-52(46)57(53(50)37-49(40)45,41-19-6-2-7-20-41)42-21-8-3-9-22-42/h1-37H. The summed E-state index contributed by atoms with van der Waals surface area (Å²) in [5, 5.41) is 7.07. The topological polar surface area (TPSA) is 16.4 Å². The molecule has 0 unspecified atom stereocenters. The van der Waals surface area contributed by atoms with Crippen molar-refractivity contribution in [3.8, 4) is 22.3 Å². The van der Waals surface area contributed by atoms with Gasteiger partial charge in [0.05, 0.1) is 11.1 Å². The van der Waals surface area contributed by atoms with E-state index >= 15 is 0 Å². The number of benzene rings is 10. The van der Waals surface area contributed by atoms with E-state index in [2.05, 4.69) is 217 Å². The maximum atomic E-state index is 6.32. The van der Waals surface area contributed by atoms with E-state index in [1.807, 2.05) is 12.1 Å². The third kappa shape index (κ3) is 5.06. The molecule has 1 aliphatic rings. The Morgan fingerprint density at radius 3 is 1.80 bits per heavy atom. The van der Waals surface area contributed by atoms with Gasteiger partial charge in [-0.2, -0.15) is 0 Å². The van der Waals surface area contributed by atoms with E-state index in [0.29, 0.717) is 0 Å². The van der Waals surface area contributed by atoms with Crippen molar-refractivity contribution in [1.82, 2.24) is 0 Å². The highest BCUT2D eigenvalue weighted by atomic mass is 16.3. The molecule has 0 radical (unpaired) electrons. The zero-order valence-electron chi connectivity index (χ0n) is 32.2. The van der Waals surface area contributed by atoms with Crippen LogP contribution in [0.5, 0.6) is 0 Å². The lowest BCUT2D eigenvalue weighted by molar-refractivity contribution is 0.669. The molecule has 12 rings (SSSR count). The number of para-hydroxylation sites is 1. The van der Waals surface area contributed by atoms with Crippen molar-refractivity contribution in [2.45, 2.75) is 5.41 Å². The summed E-state index contributed by atoms with van der Waals surface area (Å²) in [4.78, 5) is 2.42. The Labute approximate surface area is 342 Å². The molecule has 0 fully saturated rings. The van der Waals surface area contributed by atoms with Crippen LogP contribution in [-0.2, 0) is 5.41 Å². The van der Waals surface area contributed by atoms with Crippen LogP contribution >= 0.6 is 0 Å². The third-order valence-corrected chi connectivity index (χ3v) is 12.5.